The van der Waals surface area contributed by atoms with E-state index < -0.39 is 0 Å². The fraction of sp³-hybridized carbons (Fsp3) is 0.167. The van der Waals surface area contributed by atoms with E-state index in [0.717, 1.165) is 11.3 Å². The van der Waals surface area contributed by atoms with Crippen LogP contribution in [-0.4, -0.2) is 5.16 Å². The smallest absolute Gasteiger partial charge is 0.174 e. The normalized spacial score (nSPS) is 9.69. The van der Waals surface area contributed by atoms with E-state index in [1.165, 1.54) is 0 Å². The molecule has 0 saturated carbocycles. The molecule has 0 atom stereocenters. The maximum absolute atomic E-state index is 8.52. The second-order valence-electron chi connectivity index (χ2n) is 3.25. The summed E-state index contributed by atoms with van der Waals surface area (Å²) in [6.45, 7) is 0.359. The molecule has 80 valence electrons. The van der Waals surface area contributed by atoms with Crippen LogP contribution in [-0.2, 0) is 13.0 Å². The van der Waals surface area contributed by atoms with Crippen LogP contribution >= 0.6 is 0 Å². The van der Waals surface area contributed by atoms with Crippen LogP contribution in [0.2, 0.25) is 0 Å². The highest BCUT2D eigenvalue weighted by Gasteiger charge is 1.99. The zero-order valence-corrected chi connectivity index (χ0v) is 8.59. The minimum Gasteiger partial charge on any atom is -0.486 e. The quantitative estimate of drug-likeness (QED) is 0.783. The van der Waals surface area contributed by atoms with Gasteiger partial charge < -0.3 is 9.26 Å². The van der Waals surface area contributed by atoms with Crippen molar-refractivity contribution in [3.63, 3.8) is 0 Å². The van der Waals surface area contributed by atoms with E-state index in [9.17, 15) is 0 Å². The molecule has 0 bridgehead atoms. The molecule has 0 aliphatic rings. The monoisotopic (exact) mass is 214 g/mol. The molecule has 16 heavy (non-hydrogen) atoms. The topological polar surface area (TPSA) is 59.0 Å². The van der Waals surface area contributed by atoms with Crippen molar-refractivity contribution in [3.05, 3.63) is 47.9 Å². The lowest BCUT2D eigenvalue weighted by atomic mass is 10.2. The van der Waals surface area contributed by atoms with Gasteiger partial charge in [-0.05, 0) is 17.7 Å². The van der Waals surface area contributed by atoms with E-state index in [0.29, 0.717) is 18.8 Å². The van der Waals surface area contributed by atoms with Gasteiger partial charge >= 0.3 is 0 Å². The van der Waals surface area contributed by atoms with Crippen LogP contribution in [0.3, 0.4) is 0 Å². The summed E-state index contributed by atoms with van der Waals surface area (Å²) >= 11 is 0. The maximum atomic E-state index is 8.52. The van der Waals surface area contributed by atoms with E-state index in [-0.39, 0.29) is 0 Å². The number of aromatic nitrogens is 1. The predicted octanol–water partition coefficient (Wildman–Crippen LogP) is 2.32. The van der Waals surface area contributed by atoms with Gasteiger partial charge in [-0.1, -0.05) is 17.3 Å². The van der Waals surface area contributed by atoms with Crippen molar-refractivity contribution < 1.29 is 9.26 Å². The first kappa shape index (κ1) is 10.2. The van der Waals surface area contributed by atoms with E-state index in [2.05, 4.69) is 11.2 Å². The molecule has 0 aliphatic carbocycles. The van der Waals surface area contributed by atoms with Crippen LogP contribution in [0.1, 0.15) is 11.3 Å². The minimum absolute atomic E-state index is 0.359. The Morgan fingerprint density at radius 3 is 2.69 bits per heavy atom. The molecular weight excluding hydrogens is 204 g/mol. The average molecular weight is 214 g/mol. The molecule has 1 aromatic carbocycles. The van der Waals surface area contributed by atoms with E-state index in [1.807, 2.05) is 24.3 Å². The average Bonchev–Trinajstić information content (AvgIpc) is 2.82. The number of nitrogens with zero attached hydrogens (tertiary/aromatic N) is 2. The zero-order valence-electron chi connectivity index (χ0n) is 8.59. The summed E-state index contributed by atoms with van der Waals surface area (Å²) in [5, 5.41) is 12.1. The van der Waals surface area contributed by atoms with Crippen LogP contribution in [0, 0.1) is 11.3 Å². The van der Waals surface area contributed by atoms with Crippen molar-refractivity contribution >= 4 is 0 Å². The molecular formula is C12H10N2O2. The second kappa shape index (κ2) is 4.99. The zero-order chi connectivity index (χ0) is 11.2. The Morgan fingerprint density at radius 1 is 1.25 bits per heavy atom. The van der Waals surface area contributed by atoms with Gasteiger partial charge in [0.1, 0.15) is 12.4 Å². The first-order valence-corrected chi connectivity index (χ1v) is 4.87. The van der Waals surface area contributed by atoms with Gasteiger partial charge in [-0.3, -0.25) is 0 Å². The Morgan fingerprint density at radius 2 is 2.06 bits per heavy atom. The van der Waals surface area contributed by atoms with Gasteiger partial charge in [0.15, 0.2) is 5.76 Å². The van der Waals surface area contributed by atoms with E-state index >= 15 is 0 Å². The summed E-state index contributed by atoms with van der Waals surface area (Å²) in [4.78, 5) is 0. The molecule has 4 nitrogen and oxygen atoms in total. The molecule has 0 saturated heterocycles. The number of ether oxygens (including phenoxy) is 1. The Labute approximate surface area is 93.1 Å². The van der Waals surface area contributed by atoms with Crippen molar-refractivity contribution in [1.29, 1.82) is 5.26 Å². The Hall–Kier alpha value is -2.28. The van der Waals surface area contributed by atoms with Gasteiger partial charge in [-0.2, -0.15) is 5.26 Å². The summed E-state index contributed by atoms with van der Waals surface area (Å²) < 4.78 is 10.4. The number of hydrogen-bond donors (Lipinski definition) is 0. The lowest BCUT2D eigenvalue weighted by Crippen LogP contribution is -1.93. The summed E-state index contributed by atoms with van der Waals surface area (Å²) in [6, 6.07) is 11.3. The Kier molecular flexibility index (Phi) is 3.19. The molecule has 0 unspecified atom stereocenters. The van der Waals surface area contributed by atoms with E-state index in [1.54, 1.807) is 12.3 Å². The Bertz CT molecular complexity index is 469. The number of nitriles is 1. The molecule has 1 aromatic heterocycles. The van der Waals surface area contributed by atoms with E-state index in [4.69, 9.17) is 14.5 Å². The molecule has 0 amide bonds. The first-order chi connectivity index (χ1) is 7.88. The second-order valence-corrected chi connectivity index (χ2v) is 3.25. The molecule has 0 aliphatic heterocycles. The SMILES string of the molecule is N#CCc1ccc(OCc2ccno2)cc1. The highest BCUT2D eigenvalue weighted by Crippen LogP contribution is 2.14. The van der Waals surface area contributed by atoms with Crippen LogP contribution in [0.4, 0.5) is 0 Å². The number of rotatable bonds is 4. The van der Waals surface area contributed by atoms with Crippen molar-refractivity contribution in [3.8, 4) is 11.8 Å². The van der Waals surface area contributed by atoms with Gasteiger partial charge in [0, 0.05) is 6.07 Å². The van der Waals surface area contributed by atoms with Gasteiger partial charge in [0.25, 0.3) is 0 Å². The maximum Gasteiger partial charge on any atom is 0.174 e. The van der Waals surface area contributed by atoms with Crippen LogP contribution in [0.15, 0.2) is 41.1 Å². The predicted molar refractivity (Wildman–Crippen MR) is 56.6 cm³/mol. The summed E-state index contributed by atoms with van der Waals surface area (Å²) in [5.74, 6) is 1.43. The molecule has 1 heterocycles. The summed E-state index contributed by atoms with van der Waals surface area (Å²) in [5.41, 5.74) is 0.981. The molecule has 0 N–H and O–H groups in total. The highest BCUT2D eigenvalue weighted by atomic mass is 16.5. The van der Waals surface area contributed by atoms with Gasteiger partial charge in [-0.15, -0.1) is 0 Å². The third-order valence-corrected chi connectivity index (χ3v) is 2.08. The molecule has 0 fully saturated rings. The highest BCUT2D eigenvalue weighted by molar-refractivity contribution is 5.28. The summed E-state index contributed by atoms with van der Waals surface area (Å²) in [7, 11) is 0. The van der Waals surface area contributed by atoms with Gasteiger partial charge in [0.2, 0.25) is 0 Å². The molecule has 2 rings (SSSR count). The summed E-state index contributed by atoms with van der Waals surface area (Å²) in [6.07, 6.45) is 2.00. The molecule has 4 heteroatoms. The van der Waals surface area contributed by atoms with Crippen molar-refractivity contribution in [2.24, 2.45) is 0 Å². The number of benzene rings is 1. The fourth-order valence-electron chi connectivity index (χ4n) is 1.27. The third-order valence-electron chi connectivity index (χ3n) is 2.08. The van der Waals surface area contributed by atoms with Crippen molar-refractivity contribution in [2.45, 2.75) is 13.0 Å². The minimum atomic E-state index is 0.359. The van der Waals surface area contributed by atoms with Crippen molar-refractivity contribution in [2.75, 3.05) is 0 Å². The molecule has 0 radical (unpaired) electrons. The van der Waals surface area contributed by atoms with Crippen LogP contribution < -0.4 is 4.74 Å². The lowest BCUT2D eigenvalue weighted by molar-refractivity contribution is 0.249. The van der Waals surface area contributed by atoms with Crippen LogP contribution in [0.25, 0.3) is 0 Å². The fourth-order valence-corrected chi connectivity index (χ4v) is 1.27. The molecule has 2 aromatic rings. The van der Waals surface area contributed by atoms with Gasteiger partial charge in [-0.25, -0.2) is 0 Å². The lowest BCUT2D eigenvalue weighted by Gasteiger charge is -2.03. The van der Waals surface area contributed by atoms with Crippen molar-refractivity contribution in [1.82, 2.24) is 5.16 Å². The standard InChI is InChI=1S/C12H10N2O2/c13-7-5-10-1-3-11(4-2-10)15-9-12-6-8-14-16-12/h1-4,6,8H,5,9H2. The first-order valence-electron chi connectivity index (χ1n) is 4.87. The number of hydrogen-bond acceptors (Lipinski definition) is 4. The Balaban J connectivity index is 1.93. The van der Waals surface area contributed by atoms with Crippen LogP contribution in [0.5, 0.6) is 5.75 Å². The van der Waals surface area contributed by atoms with Gasteiger partial charge in [0.05, 0.1) is 18.7 Å². The third kappa shape index (κ3) is 2.61. The molecule has 0 spiro atoms. The largest absolute Gasteiger partial charge is 0.486 e.